The van der Waals surface area contributed by atoms with Crippen LogP contribution in [0.15, 0.2) is 34.6 Å². The van der Waals surface area contributed by atoms with Crippen LogP contribution in [0.3, 0.4) is 0 Å². The fraction of sp³-hybridized carbons (Fsp3) is 0.471. The van der Waals surface area contributed by atoms with E-state index in [2.05, 4.69) is 10.2 Å². The first-order valence-corrected chi connectivity index (χ1v) is 9.52. The molecule has 1 aromatic carbocycles. The Balaban J connectivity index is 1.82. The molecule has 144 valence electrons. The molecule has 1 aromatic heterocycles. The monoisotopic (exact) mass is 391 g/mol. The van der Waals surface area contributed by atoms with E-state index in [-0.39, 0.29) is 17.7 Å². The molecule has 1 unspecified atom stereocenters. The van der Waals surface area contributed by atoms with Crippen LogP contribution in [0, 0.1) is 10.1 Å². The third-order valence-corrected chi connectivity index (χ3v) is 5.46. The largest absolute Gasteiger partial charge is 0.377 e. The predicted octanol–water partition coefficient (Wildman–Crippen LogP) is 2.52. The van der Waals surface area contributed by atoms with E-state index in [9.17, 15) is 14.9 Å². The first-order valence-electron chi connectivity index (χ1n) is 8.70. The van der Waals surface area contributed by atoms with Crippen molar-refractivity contribution in [3.8, 4) is 0 Å². The summed E-state index contributed by atoms with van der Waals surface area (Å²) in [5.74, 6) is -0.210. The number of aryl methyl sites for hydroxylation is 1. The first-order chi connectivity index (χ1) is 13.0. The highest BCUT2D eigenvalue weighted by Crippen LogP contribution is 2.34. The maximum atomic E-state index is 12.8. The predicted molar refractivity (Wildman–Crippen MR) is 98.8 cm³/mol. The van der Waals surface area contributed by atoms with Gasteiger partial charge in [-0.1, -0.05) is 0 Å². The molecule has 1 amide bonds. The second-order valence-electron chi connectivity index (χ2n) is 6.24. The smallest absolute Gasteiger partial charge is 0.284 e. The Hall–Kier alpha value is -2.46. The van der Waals surface area contributed by atoms with Gasteiger partial charge in [-0.2, -0.15) is 0 Å². The van der Waals surface area contributed by atoms with Crippen molar-refractivity contribution in [1.29, 1.82) is 0 Å². The van der Waals surface area contributed by atoms with Gasteiger partial charge >= 0.3 is 0 Å². The summed E-state index contributed by atoms with van der Waals surface area (Å²) in [7, 11) is 1.76. The van der Waals surface area contributed by atoms with Gasteiger partial charge in [0.1, 0.15) is 6.33 Å². The zero-order valence-corrected chi connectivity index (χ0v) is 16.0. The molecule has 9 nitrogen and oxygen atoms in total. The molecule has 1 aliphatic rings. The van der Waals surface area contributed by atoms with Crippen LogP contribution >= 0.6 is 11.8 Å². The van der Waals surface area contributed by atoms with Gasteiger partial charge in [0.25, 0.3) is 11.6 Å². The van der Waals surface area contributed by atoms with Crippen molar-refractivity contribution in [3.63, 3.8) is 0 Å². The van der Waals surface area contributed by atoms with Crippen molar-refractivity contribution in [2.75, 3.05) is 19.7 Å². The molecule has 10 heteroatoms. The fourth-order valence-corrected chi connectivity index (χ4v) is 3.87. The number of carbonyl (C=O) groups excluding carboxylic acids is 1. The minimum atomic E-state index is -0.477. The average molecular weight is 391 g/mol. The number of likely N-dealkylation sites (tertiary alicyclic amines) is 1. The molecule has 27 heavy (non-hydrogen) atoms. The molecular weight excluding hydrogens is 370 g/mol. The Labute approximate surface area is 160 Å². The van der Waals surface area contributed by atoms with Crippen molar-refractivity contribution in [2.45, 2.75) is 35.9 Å². The Morgan fingerprint density at radius 3 is 2.96 bits per heavy atom. The fourth-order valence-electron chi connectivity index (χ4n) is 3.02. The molecule has 2 heterocycles. The number of hydrogen-bond donors (Lipinski definition) is 0. The molecule has 2 aromatic rings. The number of rotatable bonds is 6. The highest BCUT2D eigenvalue weighted by molar-refractivity contribution is 7.99. The van der Waals surface area contributed by atoms with Gasteiger partial charge in [0.2, 0.25) is 0 Å². The standard InChI is InChI=1S/C17H21N5O4S/c1-3-26-13-5-4-8-21(10-13)16(23)12-6-7-15(14(9-12)22(24)25)27-17-19-18-11-20(17)2/h6-7,9,11,13H,3-5,8,10H2,1-2H3. The van der Waals surface area contributed by atoms with E-state index < -0.39 is 4.92 Å². The molecule has 0 N–H and O–H groups in total. The molecular formula is C17H21N5O4S. The highest BCUT2D eigenvalue weighted by Gasteiger charge is 2.27. The number of hydrogen-bond acceptors (Lipinski definition) is 7. The van der Waals surface area contributed by atoms with Crippen molar-refractivity contribution in [2.24, 2.45) is 7.05 Å². The van der Waals surface area contributed by atoms with Crippen LogP contribution in [0.2, 0.25) is 0 Å². The molecule has 1 aliphatic heterocycles. The number of nitro benzene ring substituents is 1. The van der Waals surface area contributed by atoms with Gasteiger partial charge in [-0.25, -0.2) is 0 Å². The van der Waals surface area contributed by atoms with E-state index in [0.29, 0.717) is 35.3 Å². The lowest BCUT2D eigenvalue weighted by molar-refractivity contribution is -0.387. The van der Waals surface area contributed by atoms with Gasteiger partial charge < -0.3 is 14.2 Å². The molecule has 0 radical (unpaired) electrons. The summed E-state index contributed by atoms with van der Waals surface area (Å²) in [5, 5.41) is 19.8. The van der Waals surface area contributed by atoms with Crippen LogP contribution in [0.1, 0.15) is 30.1 Å². The Morgan fingerprint density at radius 2 is 2.30 bits per heavy atom. The van der Waals surface area contributed by atoms with Crippen LogP contribution in [-0.2, 0) is 11.8 Å². The van der Waals surface area contributed by atoms with E-state index in [0.717, 1.165) is 24.6 Å². The van der Waals surface area contributed by atoms with Gasteiger partial charge in [0.15, 0.2) is 5.16 Å². The summed E-state index contributed by atoms with van der Waals surface area (Å²) in [6.45, 7) is 3.67. The minimum absolute atomic E-state index is 0.0217. The second kappa shape index (κ2) is 8.49. The maximum Gasteiger partial charge on any atom is 0.284 e. The van der Waals surface area contributed by atoms with Gasteiger partial charge in [0, 0.05) is 38.4 Å². The van der Waals surface area contributed by atoms with Crippen LogP contribution in [0.25, 0.3) is 0 Å². The SMILES string of the molecule is CCOC1CCCN(C(=O)c2ccc(Sc3nncn3C)c([N+](=O)[O-])c2)C1. The summed E-state index contributed by atoms with van der Waals surface area (Å²) in [6.07, 6.45) is 3.33. The second-order valence-corrected chi connectivity index (χ2v) is 7.25. The number of amides is 1. The van der Waals surface area contributed by atoms with Crippen molar-refractivity contribution in [1.82, 2.24) is 19.7 Å². The number of ether oxygens (including phenoxy) is 1. The number of piperidine rings is 1. The Bertz CT molecular complexity index is 838. The maximum absolute atomic E-state index is 12.8. The lowest BCUT2D eigenvalue weighted by Gasteiger charge is -2.32. The number of carbonyl (C=O) groups is 1. The van der Waals surface area contributed by atoms with E-state index >= 15 is 0 Å². The minimum Gasteiger partial charge on any atom is -0.377 e. The normalized spacial score (nSPS) is 17.1. The molecule has 0 saturated carbocycles. The summed E-state index contributed by atoms with van der Waals surface area (Å²) in [5.41, 5.74) is 0.188. The van der Waals surface area contributed by atoms with Gasteiger partial charge in [0.05, 0.1) is 15.9 Å². The molecule has 3 rings (SSSR count). The molecule has 0 bridgehead atoms. The van der Waals surface area contributed by atoms with Crippen molar-refractivity contribution in [3.05, 3.63) is 40.2 Å². The topological polar surface area (TPSA) is 103 Å². The van der Waals surface area contributed by atoms with E-state index in [4.69, 9.17) is 4.74 Å². The zero-order valence-electron chi connectivity index (χ0n) is 15.2. The Kier molecular flexibility index (Phi) is 6.07. The summed E-state index contributed by atoms with van der Waals surface area (Å²) >= 11 is 1.14. The molecule has 0 aliphatic carbocycles. The highest BCUT2D eigenvalue weighted by atomic mass is 32.2. The molecule has 0 spiro atoms. The van der Waals surface area contributed by atoms with Gasteiger partial charge in [-0.05, 0) is 43.7 Å². The number of nitrogens with zero attached hydrogens (tertiary/aromatic N) is 5. The molecule has 1 saturated heterocycles. The van der Waals surface area contributed by atoms with E-state index in [1.54, 1.807) is 28.6 Å². The van der Waals surface area contributed by atoms with Gasteiger partial charge in [-0.3, -0.25) is 14.9 Å². The number of aromatic nitrogens is 3. The van der Waals surface area contributed by atoms with Crippen LogP contribution in [-0.4, -0.2) is 56.3 Å². The lowest BCUT2D eigenvalue weighted by atomic mass is 10.1. The van der Waals surface area contributed by atoms with Crippen LogP contribution in [0.5, 0.6) is 0 Å². The summed E-state index contributed by atoms with van der Waals surface area (Å²) < 4.78 is 7.31. The molecule has 1 fully saturated rings. The molecule has 1 atom stereocenters. The van der Waals surface area contributed by atoms with Crippen molar-refractivity contribution < 1.29 is 14.5 Å². The summed E-state index contributed by atoms with van der Waals surface area (Å²) in [4.78, 5) is 26.0. The third kappa shape index (κ3) is 4.45. The van der Waals surface area contributed by atoms with Crippen LogP contribution < -0.4 is 0 Å². The third-order valence-electron chi connectivity index (χ3n) is 4.34. The average Bonchev–Trinajstić information content (AvgIpc) is 3.06. The van der Waals surface area contributed by atoms with Crippen LogP contribution in [0.4, 0.5) is 5.69 Å². The number of nitro groups is 1. The number of benzene rings is 1. The van der Waals surface area contributed by atoms with E-state index in [1.807, 2.05) is 6.92 Å². The zero-order chi connectivity index (χ0) is 19.4. The Morgan fingerprint density at radius 1 is 1.48 bits per heavy atom. The van der Waals surface area contributed by atoms with Crippen molar-refractivity contribution >= 4 is 23.4 Å². The van der Waals surface area contributed by atoms with E-state index in [1.165, 1.54) is 12.4 Å². The quantitative estimate of drug-likeness (QED) is 0.550. The van der Waals surface area contributed by atoms with Gasteiger partial charge in [-0.15, -0.1) is 10.2 Å². The lowest BCUT2D eigenvalue weighted by Crippen LogP contribution is -2.43. The summed E-state index contributed by atoms with van der Waals surface area (Å²) in [6, 6.07) is 4.55. The first kappa shape index (κ1) is 19.3.